The van der Waals surface area contributed by atoms with Gasteiger partial charge in [-0.3, -0.25) is 14.9 Å². The van der Waals surface area contributed by atoms with E-state index >= 15 is 0 Å². The van der Waals surface area contributed by atoms with Crippen LogP contribution in [0.4, 0.5) is 5.69 Å². The molecule has 0 aliphatic rings. The maximum absolute atomic E-state index is 11.6. The lowest BCUT2D eigenvalue weighted by molar-refractivity contribution is -0.384. The average Bonchev–Trinajstić information content (AvgIpc) is 2.57. The highest BCUT2D eigenvalue weighted by atomic mass is 16.6. The number of rotatable bonds is 9. The minimum absolute atomic E-state index is 0.0341. The Hall–Kier alpha value is -2.96. The second-order valence-corrected chi connectivity index (χ2v) is 5.69. The van der Waals surface area contributed by atoms with E-state index in [1.54, 1.807) is 0 Å². The molecule has 0 atom stereocenters. The molecule has 0 bridgehead atoms. The number of hydrazone groups is 1. The van der Waals surface area contributed by atoms with Crippen molar-refractivity contribution >= 4 is 17.8 Å². The maximum atomic E-state index is 11.6. The molecule has 0 heterocycles. The number of carbonyl (C=O) groups excluding carboxylic acids is 1. The van der Waals surface area contributed by atoms with Crippen LogP contribution in [0.15, 0.2) is 52.7 Å². The van der Waals surface area contributed by atoms with E-state index in [1.165, 1.54) is 36.1 Å². The Balaban J connectivity index is 2.32. The molecule has 1 aromatic carbocycles. The van der Waals surface area contributed by atoms with Gasteiger partial charge in [0.15, 0.2) is 6.61 Å². The van der Waals surface area contributed by atoms with E-state index in [0.717, 1.165) is 18.4 Å². The van der Waals surface area contributed by atoms with Crippen LogP contribution in [0.1, 0.15) is 33.6 Å². The van der Waals surface area contributed by atoms with Crippen molar-refractivity contribution in [1.29, 1.82) is 0 Å². The van der Waals surface area contributed by atoms with E-state index in [1.807, 2.05) is 13.0 Å². The summed E-state index contributed by atoms with van der Waals surface area (Å²) in [7, 11) is 0. The summed E-state index contributed by atoms with van der Waals surface area (Å²) in [4.78, 5) is 21.6. The van der Waals surface area contributed by atoms with Gasteiger partial charge < -0.3 is 4.74 Å². The lowest BCUT2D eigenvalue weighted by Gasteiger charge is -2.04. The van der Waals surface area contributed by atoms with E-state index in [0.29, 0.717) is 5.75 Å². The molecule has 1 N–H and O–H groups in total. The van der Waals surface area contributed by atoms with Gasteiger partial charge >= 0.3 is 0 Å². The van der Waals surface area contributed by atoms with Crippen molar-refractivity contribution < 1.29 is 14.5 Å². The molecule has 0 spiro atoms. The van der Waals surface area contributed by atoms with Gasteiger partial charge in [0.25, 0.3) is 11.6 Å². The van der Waals surface area contributed by atoms with Gasteiger partial charge in [0, 0.05) is 18.3 Å². The standard InChI is InChI=1S/C18H23N3O4/c1-14(2)5-4-6-15(3)11-12-19-20-18(22)13-25-17-9-7-16(8-10-17)21(23)24/h5,7-12H,4,6,13H2,1-3H3,(H,20,22)/b15-11+,19-12+. The average molecular weight is 345 g/mol. The first kappa shape index (κ1) is 20.1. The molecule has 0 aliphatic carbocycles. The molecule has 1 rings (SSSR count). The smallest absolute Gasteiger partial charge is 0.277 e. The van der Waals surface area contributed by atoms with Gasteiger partial charge in [-0.1, -0.05) is 17.2 Å². The SMILES string of the molecule is CC(C)=CCC/C(C)=C/C=N/NC(=O)COc1ccc([N+](=O)[O-])cc1. The van der Waals surface area contributed by atoms with Crippen LogP contribution in [0.5, 0.6) is 5.75 Å². The largest absolute Gasteiger partial charge is 0.484 e. The molecule has 0 aliphatic heterocycles. The summed E-state index contributed by atoms with van der Waals surface area (Å²) in [5.41, 5.74) is 4.78. The molecule has 0 saturated heterocycles. The van der Waals surface area contributed by atoms with Gasteiger partial charge in [0.2, 0.25) is 0 Å². The molecular weight excluding hydrogens is 322 g/mol. The van der Waals surface area contributed by atoms with Gasteiger partial charge in [-0.05, 0) is 51.8 Å². The number of nitro groups is 1. The molecule has 0 aromatic heterocycles. The number of nitrogens with zero attached hydrogens (tertiary/aromatic N) is 2. The summed E-state index contributed by atoms with van der Waals surface area (Å²) in [6.45, 7) is 5.91. The van der Waals surface area contributed by atoms with Crippen molar-refractivity contribution in [1.82, 2.24) is 5.43 Å². The number of hydrogen-bond acceptors (Lipinski definition) is 5. The highest BCUT2D eigenvalue weighted by Crippen LogP contribution is 2.17. The fourth-order valence-electron chi connectivity index (χ4n) is 1.79. The Kier molecular flexibility index (Phi) is 8.63. The van der Waals surface area contributed by atoms with Crippen molar-refractivity contribution in [2.75, 3.05) is 6.61 Å². The third-order valence-corrected chi connectivity index (χ3v) is 3.13. The summed E-state index contributed by atoms with van der Waals surface area (Å²) in [5, 5.41) is 14.4. The monoisotopic (exact) mass is 345 g/mol. The molecule has 1 amide bonds. The van der Waals surface area contributed by atoms with E-state index < -0.39 is 10.8 Å². The summed E-state index contributed by atoms with van der Waals surface area (Å²) < 4.78 is 5.23. The Morgan fingerprint density at radius 3 is 2.56 bits per heavy atom. The molecule has 0 radical (unpaired) electrons. The van der Waals surface area contributed by atoms with Crippen LogP contribution in [0, 0.1) is 10.1 Å². The number of non-ortho nitro benzene ring substituents is 1. The number of ether oxygens (including phenoxy) is 1. The van der Waals surface area contributed by atoms with Crippen LogP contribution in [0.25, 0.3) is 0 Å². The topological polar surface area (TPSA) is 93.8 Å². The molecule has 7 heteroatoms. The fourth-order valence-corrected chi connectivity index (χ4v) is 1.79. The second kappa shape index (κ2) is 10.7. The number of carbonyl (C=O) groups is 1. The number of hydrogen-bond donors (Lipinski definition) is 1. The molecule has 134 valence electrons. The Morgan fingerprint density at radius 2 is 1.96 bits per heavy atom. The van der Waals surface area contributed by atoms with Crippen LogP contribution in [0.3, 0.4) is 0 Å². The van der Waals surface area contributed by atoms with Crippen molar-refractivity contribution in [2.24, 2.45) is 5.10 Å². The maximum Gasteiger partial charge on any atom is 0.277 e. The van der Waals surface area contributed by atoms with Crippen LogP contribution >= 0.6 is 0 Å². The highest BCUT2D eigenvalue weighted by Gasteiger charge is 2.05. The number of nitro benzene ring substituents is 1. The quantitative estimate of drug-likeness (QED) is 0.319. The van der Waals surface area contributed by atoms with E-state index in [2.05, 4.69) is 30.5 Å². The third-order valence-electron chi connectivity index (χ3n) is 3.13. The highest BCUT2D eigenvalue weighted by molar-refractivity contribution is 5.79. The van der Waals surface area contributed by atoms with Crippen molar-refractivity contribution in [3.63, 3.8) is 0 Å². The normalized spacial score (nSPS) is 11.2. The zero-order chi connectivity index (χ0) is 18.7. The predicted octanol–water partition coefficient (Wildman–Crippen LogP) is 3.77. The van der Waals surface area contributed by atoms with Gasteiger partial charge in [-0.25, -0.2) is 5.43 Å². The van der Waals surface area contributed by atoms with Gasteiger partial charge in [0.05, 0.1) is 4.92 Å². The summed E-state index contributed by atoms with van der Waals surface area (Å²) >= 11 is 0. The molecule has 0 unspecified atom stereocenters. The first-order valence-electron chi connectivity index (χ1n) is 7.86. The van der Waals surface area contributed by atoms with Crippen LogP contribution in [-0.2, 0) is 4.79 Å². The van der Waals surface area contributed by atoms with Crippen molar-refractivity contribution in [3.05, 3.63) is 57.7 Å². The minimum Gasteiger partial charge on any atom is -0.484 e. The number of amides is 1. The summed E-state index contributed by atoms with van der Waals surface area (Å²) in [6, 6.07) is 5.50. The predicted molar refractivity (Wildman–Crippen MR) is 97.6 cm³/mol. The van der Waals surface area contributed by atoms with E-state index in [9.17, 15) is 14.9 Å². The Bertz CT molecular complexity index is 672. The van der Waals surface area contributed by atoms with Gasteiger partial charge in [-0.15, -0.1) is 0 Å². The molecule has 25 heavy (non-hydrogen) atoms. The fraction of sp³-hybridized carbons (Fsp3) is 0.333. The first-order valence-corrected chi connectivity index (χ1v) is 7.86. The Morgan fingerprint density at radius 1 is 1.28 bits per heavy atom. The second-order valence-electron chi connectivity index (χ2n) is 5.69. The zero-order valence-corrected chi connectivity index (χ0v) is 14.7. The van der Waals surface area contributed by atoms with Crippen LogP contribution in [-0.4, -0.2) is 23.7 Å². The van der Waals surface area contributed by atoms with E-state index in [4.69, 9.17) is 4.74 Å². The van der Waals surface area contributed by atoms with Crippen LogP contribution < -0.4 is 10.2 Å². The number of nitrogens with one attached hydrogen (secondary N) is 1. The molecule has 7 nitrogen and oxygen atoms in total. The lowest BCUT2D eigenvalue weighted by Crippen LogP contribution is -2.24. The third kappa shape index (κ3) is 9.04. The number of benzene rings is 1. The van der Waals surface area contributed by atoms with Crippen molar-refractivity contribution in [2.45, 2.75) is 33.6 Å². The Labute approximate surface area is 147 Å². The molecule has 0 saturated carbocycles. The van der Waals surface area contributed by atoms with Gasteiger partial charge in [-0.2, -0.15) is 5.10 Å². The molecule has 0 fully saturated rings. The van der Waals surface area contributed by atoms with E-state index in [-0.39, 0.29) is 12.3 Å². The molecule has 1 aromatic rings. The van der Waals surface area contributed by atoms with Crippen molar-refractivity contribution in [3.8, 4) is 5.75 Å². The summed E-state index contributed by atoms with van der Waals surface area (Å²) in [6.07, 6.45) is 7.46. The molecular formula is C18H23N3O4. The first-order chi connectivity index (χ1) is 11.9. The number of allylic oxidation sites excluding steroid dienone is 4. The minimum atomic E-state index is -0.500. The summed E-state index contributed by atoms with van der Waals surface area (Å²) in [5.74, 6) is -0.0371. The lowest BCUT2D eigenvalue weighted by atomic mass is 10.1. The van der Waals surface area contributed by atoms with Crippen LogP contribution in [0.2, 0.25) is 0 Å². The van der Waals surface area contributed by atoms with Gasteiger partial charge in [0.1, 0.15) is 5.75 Å². The zero-order valence-electron chi connectivity index (χ0n) is 14.7.